The van der Waals surface area contributed by atoms with E-state index in [0.717, 1.165) is 25.7 Å². The largest absolute Gasteiger partial charge is 2.00 e. The van der Waals surface area contributed by atoms with E-state index in [4.69, 9.17) is 10.2 Å². The molecule has 0 heterocycles. The molecule has 2 N–H and O–H groups in total. The number of phenols is 2. The normalized spacial score (nSPS) is 10.3. The third-order valence-electron chi connectivity index (χ3n) is 8.82. The van der Waals surface area contributed by atoms with Crippen molar-refractivity contribution in [2.24, 2.45) is 0 Å². The molecule has 0 aromatic heterocycles. The fraction of sp³-hybridized carbons (Fsp3) is 0.810. The van der Waals surface area contributed by atoms with Gasteiger partial charge in [0.05, 0.1) is 0 Å². The molecule has 1 rings (SSSR count). The summed E-state index contributed by atoms with van der Waals surface area (Å²) in [6.45, 7) is 4.53. The number of carboxylic acid groups (broad SMARTS) is 2. The molecule has 0 unspecified atom stereocenters. The molecule has 0 bridgehead atoms. The second-order valence-corrected chi connectivity index (χ2v) is 13.7. The third kappa shape index (κ3) is 51.5. The van der Waals surface area contributed by atoms with Gasteiger partial charge in [-0.05, 0) is 49.9 Å². The maximum atomic E-state index is 10.2. The van der Waals surface area contributed by atoms with Crippen LogP contribution in [0.25, 0.3) is 0 Å². The van der Waals surface area contributed by atoms with Crippen molar-refractivity contribution in [3.05, 3.63) is 24.3 Å². The molecule has 6 nitrogen and oxygen atoms in total. The molecule has 0 aliphatic carbocycles. The van der Waals surface area contributed by atoms with E-state index in [0.29, 0.717) is 0 Å². The molecule has 282 valence electrons. The van der Waals surface area contributed by atoms with Gasteiger partial charge in [0.15, 0.2) is 0 Å². The van der Waals surface area contributed by atoms with Crippen LogP contribution in [-0.2, 0) is 9.59 Å². The number of carboxylic acids is 2. The van der Waals surface area contributed by atoms with Crippen molar-refractivity contribution in [3.63, 3.8) is 0 Å². The summed E-state index contributed by atoms with van der Waals surface area (Å²) in [5, 5.41) is 37.7. The Hall–Kier alpha value is -0.980. The molecule has 0 radical (unpaired) electrons. The fourth-order valence-corrected chi connectivity index (χ4v) is 5.73. The monoisotopic (exact) mass is 717 g/mol. The predicted molar refractivity (Wildman–Crippen MR) is 205 cm³/mol. The summed E-state index contributed by atoms with van der Waals surface area (Å²) in [7, 11) is 0. The van der Waals surface area contributed by atoms with Crippen molar-refractivity contribution in [3.8, 4) is 11.5 Å². The maximum Gasteiger partial charge on any atom is 2.00 e. The summed E-state index contributed by atoms with van der Waals surface area (Å²) < 4.78 is 0. The van der Waals surface area contributed by atoms with Crippen LogP contribution in [0.1, 0.15) is 219 Å². The minimum atomic E-state index is -0.903. The number of hydrogen-bond donors (Lipinski definition) is 2. The summed E-state index contributed by atoms with van der Waals surface area (Å²) in [6, 6.07) is 5.70. The first kappa shape index (κ1) is 52.4. The number of benzene rings is 1. The van der Waals surface area contributed by atoms with Crippen molar-refractivity contribution in [1.82, 2.24) is 0 Å². The molecule has 0 aliphatic heterocycles. The fourth-order valence-electron chi connectivity index (χ4n) is 5.73. The van der Waals surface area contributed by atoms with Crippen molar-refractivity contribution in [2.75, 3.05) is 0 Å². The smallest absolute Gasteiger partial charge is 0.550 e. The minimum Gasteiger partial charge on any atom is -0.550 e. The van der Waals surface area contributed by atoms with Gasteiger partial charge in [-0.1, -0.05) is 194 Å². The molecule has 0 aliphatic rings. The Bertz CT molecular complexity index is 721. The van der Waals surface area contributed by atoms with E-state index in [1.165, 1.54) is 191 Å². The number of carbonyl (C=O) groups excluding carboxylic acids is 2. The SMILES string of the molecule is CCCCCCCCCCCCCCCCCC(=O)[O-].CCCCCCCCCCCCCCCCCC(=O)[O-].Oc1ccc(O)cc1.[Ca+2]. The van der Waals surface area contributed by atoms with Gasteiger partial charge in [0.25, 0.3) is 0 Å². The molecular weight excluding hydrogens is 641 g/mol. The van der Waals surface area contributed by atoms with Gasteiger partial charge in [-0.15, -0.1) is 0 Å². The summed E-state index contributed by atoms with van der Waals surface area (Å²) in [6.07, 6.45) is 39.7. The van der Waals surface area contributed by atoms with Crippen LogP contribution in [0.15, 0.2) is 24.3 Å². The van der Waals surface area contributed by atoms with Gasteiger partial charge in [-0.2, -0.15) is 0 Å². The van der Waals surface area contributed by atoms with Crippen LogP contribution in [0.2, 0.25) is 0 Å². The van der Waals surface area contributed by atoms with Gasteiger partial charge in [-0.3, -0.25) is 0 Å². The van der Waals surface area contributed by atoms with E-state index in [2.05, 4.69) is 13.8 Å². The first-order chi connectivity index (χ1) is 23.3. The Balaban J connectivity index is -0.000000693. The molecule has 0 atom stereocenters. The topological polar surface area (TPSA) is 121 Å². The van der Waals surface area contributed by atoms with Crippen LogP contribution < -0.4 is 10.2 Å². The van der Waals surface area contributed by atoms with Gasteiger partial charge >= 0.3 is 37.7 Å². The first-order valence-corrected chi connectivity index (χ1v) is 20.2. The van der Waals surface area contributed by atoms with Crippen LogP contribution in [0.3, 0.4) is 0 Å². The standard InChI is InChI=1S/2C18H36O2.C6H6O2.Ca/c2*1-2-3-4-5-6-7-8-9-10-11-12-13-14-15-16-17-18(19)20;7-5-1-2-6(8)4-3-5;/h2*2-17H2,1H3,(H,19,20);1-4,7-8H;/q;;;+2/p-2. The molecule has 0 spiro atoms. The average Bonchev–Trinajstić information content (AvgIpc) is 3.06. The number of hydrogen-bond acceptors (Lipinski definition) is 6. The second-order valence-electron chi connectivity index (χ2n) is 13.7. The quantitative estimate of drug-likeness (QED) is 0.0435. The molecule has 0 fully saturated rings. The van der Waals surface area contributed by atoms with E-state index in [1.54, 1.807) is 0 Å². The van der Waals surface area contributed by atoms with Crippen molar-refractivity contribution < 1.29 is 30.0 Å². The molecule has 1 aromatic rings. The zero-order chi connectivity index (χ0) is 35.8. The van der Waals surface area contributed by atoms with Crippen molar-refractivity contribution in [2.45, 2.75) is 219 Å². The summed E-state index contributed by atoms with van der Waals surface area (Å²) >= 11 is 0. The van der Waals surface area contributed by atoms with E-state index in [9.17, 15) is 19.8 Å². The molecule has 49 heavy (non-hydrogen) atoms. The average molecular weight is 717 g/mol. The number of rotatable bonds is 32. The zero-order valence-corrected chi connectivity index (χ0v) is 34.4. The summed E-state index contributed by atoms with van der Waals surface area (Å²) in [5.74, 6) is -1.47. The van der Waals surface area contributed by atoms with Crippen LogP contribution in [0.5, 0.6) is 11.5 Å². The van der Waals surface area contributed by atoms with Gasteiger partial charge in [0, 0.05) is 11.9 Å². The van der Waals surface area contributed by atoms with Gasteiger partial charge in [0.1, 0.15) is 11.5 Å². The molecule has 7 heteroatoms. The summed E-state index contributed by atoms with van der Waals surface area (Å²) in [4.78, 5) is 20.4. The van der Waals surface area contributed by atoms with E-state index < -0.39 is 11.9 Å². The number of aromatic hydroxyl groups is 2. The minimum absolute atomic E-state index is 0. The second kappa shape index (κ2) is 45.0. The Morgan fingerprint density at radius 2 is 0.551 bits per heavy atom. The van der Waals surface area contributed by atoms with Crippen LogP contribution in [0.4, 0.5) is 0 Å². The van der Waals surface area contributed by atoms with Crippen LogP contribution in [0, 0.1) is 0 Å². The number of aliphatic carboxylic acids is 2. The van der Waals surface area contributed by atoms with Gasteiger partial charge in [-0.25, -0.2) is 0 Å². The predicted octanol–water partition coefficient (Wildman–Crippen LogP) is 10.7. The van der Waals surface area contributed by atoms with E-state index >= 15 is 0 Å². The van der Waals surface area contributed by atoms with Crippen LogP contribution in [-0.4, -0.2) is 59.9 Å². The maximum absolute atomic E-state index is 10.2. The first-order valence-electron chi connectivity index (χ1n) is 20.2. The number of unbranched alkanes of at least 4 members (excludes halogenated alkanes) is 28. The van der Waals surface area contributed by atoms with E-state index in [-0.39, 0.29) is 62.1 Å². The molecule has 0 amide bonds. The Morgan fingerprint density at radius 3 is 0.714 bits per heavy atom. The Labute approximate surface area is 332 Å². The summed E-state index contributed by atoms with van der Waals surface area (Å²) in [5.41, 5.74) is 0. The molecular formula is C42H76CaO6. The Kier molecular flexibility index (Phi) is 48.1. The van der Waals surface area contributed by atoms with Gasteiger partial charge in [0.2, 0.25) is 0 Å². The van der Waals surface area contributed by atoms with Crippen molar-refractivity contribution >= 4 is 49.7 Å². The number of phenolic OH excluding ortho intramolecular Hbond substituents is 2. The van der Waals surface area contributed by atoms with E-state index in [1.807, 2.05) is 0 Å². The van der Waals surface area contributed by atoms with Crippen LogP contribution >= 0.6 is 0 Å². The third-order valence-corrected chi connectivity index (χ3v) is 8.82. The van der Waals surface area contributed by atoms with Crippen molar-refractivity contribution in [1.29, 1.82) is 0 Å². The van der Waals surface area contributed by atoms with Gasteiger partial charge < -0.3 is 30.0 Å². The molecule has 1 aromatic carbocycles. The zero-order valence-electron chi connectivity index (χ0n) is 32.2. The molecule has 0 saturated heterocycles. The number of carbonyl (C=O) groups is 2. The molecule has 0 saturated carbocycles. The Morgan fingerprint density at radius 1 is 0.388 bits per heavy atom.